The molecule has 114 valence electrons. The van der Waals surface area contributed by atoms with Gasteiger partial charge in [0.05, 0.1) is 26.2 Å². The van der Waals surface area contributed by atoms with Crippen LogP contribution in [0.2, 0.25) is 0 Å². The van der Waals surface area contributed by atoms with Crippen LogP contribution in [-0.4, -0.2) is 66.9 Å². The van der Waals surface area contributed by atoms with Crippen LogP contribution in [-0.2, 0) is 33.4 Å². The van der Waals surface area contributed by atoms with Crippen molar-refractivity contribution in [1.29, 1.82) is 0 Å². The number of ether oxygens (including phenoxy) is 3. The Kier molecular flexibility index (Phi) is 9.79. The van der Waals surface area contributed by atoms with Crippen molar-refractivity contribution in [1.82, 2.24) is 0 Å². The summed E-state index contributed by atoms with van der Waals surface area (Å²) in [4.78, 5) is 42.0. The average molecular weight is 292 g/mol. The minimum atomic E-state index is -1.58. The van der Waals surface area contributed by atoms with Gasteiger partial charge in [-0.25, -0.2) is 9.59 Å². The highest BCUT2D eigenvalue weighted by Gasteiger charge is 2.13. The SMILES string of the molecule is O=C(O)COCCOCCOC(=O)CCC(=O)C(=O)O. The average Bonchev–Trinajstić information content (AvgIpc) is 2.38. The number of carboxylic acid groups (broad SMARTS) is 2. The van der Waals surface area contributed by atoms with E-state index < -0.39 is 36.7 Å². The lowest BCUT2D eigenvalue weighted by atomic mass is 10.2. The van der Waals surface area contributed by atoms with Gasteiger partial charge in [-0.15, -0.1) is 0 Å². The number of aliphatic carboxylic acids is 2. The predicted octanol–water partition coefficient (Wildman–Crippen LogP) is -0.919. The third-order valence-corrected chi connectivity index (χ3v) is 1.88. The maximum Gasteiger partial charge on any atom is 0.372 e. The summed E-state index contributed by atoms with van der Waals surface area (Å²) in [5.74, 6) is -4.39. The Morgan fingerprint density at radius 1 is 0.800 bits per heavy atom. The Morgan fingerprint density at radius 3 is 2.00 bits per heavy atom. The molecule has 0 aromatic rings. The largest absolute Gasteiger partial charge is 0.480 e. The Balaban J connectivity index is 3.38. The topological polar surface area (TPSA) is 136 Å². The maximum absolute atomic E-state index is 11.1. The van der Waals surface area contributed by atoms with Gasteiger partial charge in [-0.2, -0.15) is 0 Å². The molecule has 0 aliphatic heterocycles. The lowest BCUT2D eigenvalue weighted by molar-refractivity contribution is -0.151. The summed E-state index contributed by atoms with van der Waals surface area (Å²) in [6, 6.07) is 0. The van der Waals surface area contributed by atoms with Gasteiger partial charge >= 0.3 is 17.9 Å². The number of hydrogen-bond donors (Lipinski definition) is 2. The zero-order valence-electron chi connectivity index (χ0n) is 10.7. The van der Waals surface area contributed by atoms with Gasteiger partial charge in [-0.3, -0.25) is 9.59 Å². The van der Waals surface area contributed by atoms with Crippen molar-refractivity contribution in [3.05, 3.63) is 0 Å². The number of ketones is 1. The second-order valence-electron chi connectivity index (χ2n) is 3.51. The van der Waals surface area contributed by atoms with Gasteiger partial charge in [0.25, 0.3) is 0 Å². The van der Waals surface area contributed by atoms with Crippen LogP contribution in [0.5, 0.6) is 0 Å². The van der Waals surface area contributed by atoms with Gasteiger partial charge in [0.2, 0.25) is 5.78 Å². The molecule has 0 aliphatic carbocycles. The van der Waals surface area contributed by atoms with Gasteiger partial charge in [-0.1, -0.05) is 0 Å². The molecule has 0 aromatic heterocycles. The van der Waals surface area contributed by atoms with Gasteiger partial charge in [0.15, 0.2) is 0 Å². The molecule has 0 amide bonds. The van der Waals surface area contributed by atoms with Crippen molar-refractivity contribution in [3.8, 4) is 0 Å². The van der Waals surface area contributed by atoms with E-state index in [4.69, 9.17) is 14.9 Å². The molecule has 0 aromatic carbocycles. The first-order chi connectivity index (χ1) is 9.43. The zero-order chi connectivity index (χ0) is 15.4. The van der Waals surface area contributed by atoms with Crippen LogP contribution in [0.3, 0.4) is 0 Å². The zero-order valence-corrected chi connectivity index (χ0v) is 10.7. The van der Waals surface area contributed by atoms with E-state index in [1.165, 1.54) is 0 Å². The van der Waals surface area contributed by atoms with Gasteiger partial charge < -0.3 is 24.4 Å². The van der Waals surface area contributed by atoms with Crippen molar-refractivity contribution >= 4 is 23.7 Å². The fourth-order valence-electron chi connectivity index (χ4n) is 0.989. The van der Waals surface area contributed by atoms with E-state index >= 15 is 0 Å². The molecule has 0 rings (SSSR count). The molecule has 0 fully saturated rings. The standard InChI is InChI=1S/C11H16O9/c12-8(11(16)17)1-2-10(15)20-6-5-18-3-4-19-7-9(13)14/h1-7H2,(H,13,14)(H,16,17). The summed E-state index contributed by atoms with van der Waals surface area (Å²) in [6.45, 7) is -0.0975. The predicted molar refractivity (Wildman–Crippen MR) is 62.1 cm³/mol. The lowest BCUT2D eigenvalue weighted by Crippen LogP contribution is -2.17. The first-order valence-electron chi connectivity index (χ1n) is 5.72. The van der Waals surface area contributed by atoms with Gasteiger partial charge in [-0.05, 0) is 0 Å². The summed E-state index contributed by atoms with van der Waals surface area (Å²) < 4.78 is 14.3. The minimum absolute atomic E-state index is 0.0426. The molecule has 20 heavy (non-hydrogen) atoms. The van der Waals surface area contributed by atoms with E-state index in [1.807, 2.05) is 0 Å². The Hall–Kier alpha value is -2.00. The summed E-state index contributed by atoms with van der Waals surface area (Å²) in [5, 5.41) is 16.5. The second kappa shape index (κ2) is 10.9. The van der Waals surface area contributed by atoms with Crippen LogP contribution in [0.15, 0.2) is 0 Å². The molecule has 2 N–H and O–H groups in total. The van der Waals surface area contributed by atoms with Crippen molar-refractivity contribution in [3.63, 3.8) is 0 Å². The molecular formula is C11H16O9. The van der Waals surface area contributed by atoms with Crippen molar-refractivity contribution < 1.29 is 43.6 Å². The first-order valence-corrected chi connectivity index (χ1v) is 5.72. The molecule has 0 saturated carbocycles. The van der Waals surface area contributed by atoms with Crippen LogP contribution in [0.4, 0.5) is 0 Å². The van der Waals surface area contributed by atoms with Crippen LogP contribution in [0.25, 0.3) is 0 Å². The van der Waals surface area contributed by atoms with E-state index in [9.17, 15) is 19.2 Å². The highest BCUT2D eigenvalue weighted by molar-refractivity contribution is 6.32. The van der Waals surface area contributed by atoms with Gasteiger partial charge in [0, 0.05) is 6.42 Å². The molecule has 0 aliphatic rings. The Morgan fingerprint density at radius 2 is 1.40 bits per heavy atom. The smallest absolute Gasteiger partial charge is 0.372 e. The number of rotatable bonds is 12. The number of carboxylic acids is 2. The lowest BCUT2D eigenvalue weighted by Gasteiger charge is -2.05. The second-order valence-corrected chi connectivity index (χ2v) is 3.51. The van der Waals surface area contributed by atoms with Crippen LogP contribution < -0.4 is 0 Å². The van der Waals surface area contributed by atoms with Crippen molar-refractivity contribution in [2.75, 3.05) is 33.0 Å². The molecule has 0 bridgehead atoms. The molecule has 0 spiro atoms. The Bertz CT molecular complexity index is 350. The monoisotopic (exact) mass is 292 g/mol. The van der Waals surface area contributed by atoms with Crippen molar-refractivity contribution in [2.45, 2.75) is 12.8 Å². The summed E-state index contributed by atoms with van der Waals surface area (Å²) >= 11 is 0. The number of esters is 1. The summed E-state index contributed by atoms with van der Waals surface area (Å²) in [7, 11) is 0. The van der Waals surface area contributed by atoms with E-state index in [0.29, 0.717) is 0 Å². The Labute approximate surface area is 114 Å². The number of carbonyl (C=O) groups excluding carboxylic acids is 2. The van der Waals surface area contributed by atoms with Gasteiger partial charge in [0.1, 0.15) is 13.2 Å². The van der Waals surface area contributed by atoms with E-state index in [0.717, 1.165) is 0 Å². The third-order valence-electron chi connectivity index (χ3n) is 1.88. The van der Waals surface area contributed by atoms with Crippen LogP contribution in [0, 0.1) is 0 Å². The minimum Gasteiger partial charge on any atom is -0.480 e. The number of Topliss-reactive ketones (excluding diaryl/α,β-unsaturated/α-hetero) is 1. The molecular weight excluding hydrogens is 276 g/mol. The van der Waals surface area contributed by atoms with E-state index in [-0.39, 0.29) is 32.8 Å². The molecule has 0 saturated heterocycles. The van der Waals surface area contributed by atoms with Crippen molar-refractivity contribution in [2.24, 2.45) is 0 Å². The molecule has 0 atom stereocenters. The number of carbonyl (C=O) groups is 4. The number of hydrogen-bond acceptors (Lipinski definition) is 7. The molecule has 0 heterocycles. The first kappa shape index (κ1) is 18.0. The van der Waals surface area contributed by atoms with Crippen LogP contribution in [0.1, 0.15) is 12.8 Å². The molecule has 9 heteroatoms. The van der Waals surface area contributed by atoms with E-state index in [2.05, 4.69) is 9.47 Å². The quantitative estimate of drug-likeness (QED) is 0.266. The summed E-state index contributed by atoms with van der Waals surface area (Å²) in [5.41, 5.74) is 0. The summed E-state index contributed by atoms with van der Waals surface area (Å²) in [6.07, 6.45) is -0.703. The maximum atomic E-state index is 11.1. The molecule has 0 unspecified atom stereocenters. The highest BCUT2D eigenvalue weighted by Crippen LogP contribution is 1.95. The molecule has 0 radical (unpaired) electrons. The van der Waals surface area contributed by atoms with E-state index in [1.54, 1.807) is 0 Å². The fraction of sp³-hybridized carbons (Fsp3) is 0.636. The third kappa shape index (κ3) is 11.1. The highest BCUT2D eigenvalue weighted by atomic mass is 16.6. The molecule has 9 nitrogen and oxygen atoms in total. The normalized spacial score (nSPS) is 10.0. The van der Waals surface area contributed by atoms with Crippen LogP contribution >= 0.6 is 0 Å². The fourth-order valence-corrected chi connectivity index (χ4v) is 0.989.